The molecule has 1 aromatic heterocycles. The van der Waals surface area contributed by atoms with E-state index in [1.807, 2.05) is 26.1 Å². The van der Waals surface area contributed by atoms with Crippen LogP contribution in [-0.4, -0.2) is 49.6 Å². The van der Waals surface area contributed by atoms with E-state index in [4.69, 9.17) is 19.5 Å². The van der Waals surface area contributed by atoms with E-state index in [0.717, 1.165) is 59.5 Å². The van der Waals surface area contributed by atoms with E-state index in [2.05, 4.69) is 29.4 Å². The highest BCUT2D eigenvalue weighted by Gasteiger charge is 2.46. The number of hydrogen-bond donors (Lipinski definition) is 1. The molecule has 2 aliphatic rings. The number of rotatable bonds is 7. The van der Waals surface area contributed by atoms with Gasteiger partial charge in [0.25, 0.3) is 0 Å². The first-order valence-electron chi connectivity index (χ1n) is 12.2. The maximum Gasteiger partial charge on any atom is 0.411 e. The van der Waals surface area contributed by atoms with Crippen LogP contribution in [0.4, 0.5) is 13.2 Å². The van der Waals surface area contributed by atoms with Gasteiger partial charge in [-0.25, -0.2) is 4.99 Å². The lowest BCUT2D eigenvalue weighted by Gasteiger charge is -2.38. The summed E-state index contributed by atoms with van der Waals surface area (Å²) in [6.45, 7) is 2.60. The number of benzene rings is 1. The van der Waals surface area contributed by atoms with Crippen LogP contribution in [0, 0.1) is 12.8 Å². The Bertz CT molecular complexity index is 1140. The van der Waals surface area contributed by atoms with E-state index in [0.29, 0.717) is 5.56 Å². The molecule has 4 rings (SSSR count). The molecule has 0 amide bonds. The van der Waals surface area contributed by atoms with Gasteiger partial charge in [0.2, 0.25) is 0 Å². The largest absolute Gasteiger partial charge is 0.411 e. The fourth-order valence-electron chi connectivity index (χ4n) is 5.25. The van der Waals surface area contributed by atoms with Crippen LogP contribution in [0.25, 0.3) is 11.1 Å². The maximum absolute atomic E-state index is 12.5. The molecule has 0 spiro atoms. The molecule has 1 aromatic carbocycles. The second kappa shape index (κ2) is 10.7. The van der Waals surface area contributed by atoms with Crippen LogP contribution in [0.15, 0.2) is 46.6 Å². The Balaban J connectivity index is 1.69. The number of nitrogens with one attached hydrogen (secondary N) is 1. The van der Waals surface area contributed by atoms with Crippen molar-refractivity contribution in [1.29, 1.82) is 0 Å². The normalized spacial score (nSPS) is 24.4. The summed E-state index contributed by atoms with van der Waals surface area (Å²) in [4.78, 5) is 14.6. The predicted octanol–water partition coefficient (Wildman–Crippen LogP) is 5.59. The average Bonchev–Trinajstić information content (AvgIpc) is 3.21. The summed E-state index contributed by atoms with van der Waals surface area (Å²) < 4.78 is 47.8. The quantitative estimate of drug-likeness (QED) is 0.536. The minimum absolute atomic E-state index is 0.162. The van der Waals surface area contributed by atoms with E-state index in [9.17, 15) is 13.2 Å². The molecule has 1 aliphatic heterocycles. The molecule has 2 aromatic rings. The molecule has 1 atom stereocenters. The topological polar surface area (TPSA) is 68.1 Å². The first kappa shape index (κ1) is 26.3. The van der Waals surface area contributed by atoms with Crippen LogP contribution in [0.5, 0.6) is 0 Å². The number of aryl methyl sites for hydroxylation is 1. The smallest absolute Gasteiger partial charge is 0.381 e. The van der Waals surface area contributed by atoms with Gasteiger partial charge in [0.05, 0.1) is 18.4 Å². The Morgan fingerprint density at radius 3 is 2.42 bits per heavy atom. The van der Waals surface area contributed by atoms with Crippen LogP contribution in [-0.2, 0) is 21.7 Å². The standard InChI is InChI=1S/C27H33F3N4O2/c1-17-5-6-20(21-11-19(13-32-14-21)15-36-16-26(28,29)30)12-24(17)27(33-18(2)25(31-3)34-27)22-7-9-23(35-4)10-8-22/h5-6,11-14,22-23H,7-10,15-16H2,1-4H3,(H,31,34). The number of nitrogens with zero attached hydrogens (tertiary/aromatic N) is 3. The van der Waals surface area contributed by atoms with Crippen LogP contribution >= 0.6 is 0 Å². The Morgan fingerprint density at radius 2 is 1.78 bits per heavy atom. The number of aromatic nitrogens is 1. The van der Waals surface area contributed by atoms with Gasteiger partial charge in [-0.15, -0.1) is 0 Å². The summed E-state index contributed by atoms with van der Waals surface area (Å²) in [6, 6.07) is 7.98. The summed E-state index contributed by atoms with van der Waals surface area (Å²) in [6.07, 6.45) is 2.97. The van der Waals surface area contributed by atoms with Crippen molar-refractivity contribution in [2.45, 2.75) is 64.1 Å². The number of aliphatic imine (C=N–C) groups is 2. The zero-order chi connectivity index (χ0) is 25.9. The number of pyridine rings is 1. The monoisotopic (exact) mass is 502 g/mol. The van der Waals surface area contributed by atoms with Gasteiger partial charge in [-0.1, -0.05) is 12.1 Å². The second-order valence-electron chi connectivity index (χ2n) is 9.56. The van der Waals surface area contributed by atoms with Crippen molar-refractivity contribution in [3.63, 3.8) is 0 Å². The maximum atomic E-state index is 12.5. The Hall–Kier alpha value is -2.78. The van der Waals surface area contributed by atoms with Gasteiger partial charge in [-0.2, -0.15) is 13.2 Å². The van der Waals surface area contributed by atoms with E-state index >= 15 is 0 Å². The number of ether oxygens (including phenoxy) is 2. The fourth-order valence-corrected chi connectivity index (χ4v) is 5.25. The third-order valence-electron chi connectivity index (χ3n) is 7.07. The van der Waals surface area contributed by atoms with Gasteiger partial charge in [0.15, 0.2) is 5.66 Å². The molecule has 1 fully saturated rings. The Labute approximate surface area is 210 Å². The highest BCUT2D eigenvalue weighted by atomic mass is 19.4. The van der Waals surface area contributed by atoms with Gasteiger partial charge in [0.1, 0.15) is 12.4 Å². The van der Waals surface area contributed by atoms with Gasteiger partial charge in [0, 0.05) is 43.6 Å². The van der Waals surface area contributed by atoms with Crippen LogP contribution in [0.3, 0.4) is 0 Å². The van der Waals surface area contributed by atoms with Crippen molar-refractivity contribution in [1.82, 2.24) is 10.3 Å². The molecule has 1 saturated carbocycles. The molecule has 1 N–H and O–H groups in total. The summed E-state index contributed by atoms with van der Waals surface area (Å²) in [5, 5.41) is 3.19. The third-order valence-corrected chi connectivity index (χ3v) is 7.07. The summed E-state index contributed by atoms with van der Waals surface area (Å²) >= 11 is 0. The molecule has 0 bridgehead atoms. The van der Waals surface area contributed by atoms with Crippen molar-refractivity contribution < 1.29 is 22.6 Å². The zero-order valence-electron chi connectivity index (χ0n) is 21.2. The Morgan fingerprint density at radius 1 is 1.03 bits per heavy atom. The molecular formula is C27H33F3N4O2. The first-order chi connectivity index (χ1) is 17.1. The van der Waals surface area contributed by atoms with Crippen molar-refractivity contribution in [2.75, 3.05) is 20.8 Å². The average molecular weight is 503 g/mol. The highest BCUT2D eigenvalue weighted by Crippen LogP contribution is 2.47. The lowest BCUT2D eigenvalue weighted by atomic mass is 9.74. The summed E-state index contributed by atoms with van der Waals surface area (Å²) in [5.74, 6) is 1.01. The Kier molecular flexibility index (Phi) is 7.80. The van der Waals surface area contributed by atoms with E-state index in [-0.39, 0.29) is 18.6 Å². The molecule has 1 aliphatic carbocycles. The zero-order valence-corrected chi connectivity index (χ0v) is 21.2. The molecule has 9 heteroatoms. The number of methoxy groups -OCH3 is 1. The summed E-state index contributed by atoms with van der Waals surface area (Å²) in [5.41, 5.74) is 4.55. The minimum Gasteiger partial charge on any atom is -0.381 e. The van der Waals surface area contributed by atoms with Crippen molar-refractivity contribution in [2.24, 2.45) is 15.9 Å². The molecule has 2 heterocycles. The molecule has 1 unspecified atom stereocenters. The SMILES string of the molecule is CNC1=NC(c2cc(-c3cncc(COCC(F)(F)F)c3)ccc2C)(C2CCC(OC)CC2)N=C1C. The van der Waals surface area contributed by atoms with E-state index in [1.54, 1.807) is 13.3 Å². The van der Waals surface area contributed by atoms with Gasteiger partial charge in [-0.3, -0.25) is 9.98 Å². The van der Waals surface area contributed by atoms with E-state index < -0.39 is 18.4 Å². The predicted molar refractivity (Wildman–Crippen MR) is 134 cm³/mol. The van der Waals surface area contributed by atoms with Crippen molar-refractivity contribution in [3.8, 4) is 11.1 Å². The van der Waals surface area contributed by atoms with Gasteiger partial charge >= 0.3 is 6.18 Å². The van der Waals surface area contributed by atoms with Crippen LogP contribution in [0.1, 0.15) is 49.3 Å². The lowest BCUT2D eigenvalue weighted by molar-refractivity contribution is -0.176. The minimum atomic E-state index is -4.36. The number of amidine groups is 1. The number of hydrogen-bond acceptors (Lipinski definition) is 6. The van der Waals surface area contributed by atoms with Gasteiger partial charge < -0.3 is 14.8 Å². The lowest BCUT2D eigenvalue weighted by Crippen LogP contribution is -2.36. The summed E-state index contributed by atoms with van der Waals surface area (Å²) in [7, 11) is 3.62. The van der Waals surface area contributed by atoms with Crippen LogP contribution < -0.4 is 5.32 Å². The van der Waals surface area contributed by atoms with Crippen molar-refractivity contribution in [3.05, 3.63) is 53.3 Å². The molecule has 6 nitrogen and oxygen atoms in total. The number of alkyl halides is 3. The molecule has 0 saturated heterocycles. The van der Waals surface area contributed by atoms with Gasteiger partial charge in [-0.05, 0) is 68.4 Å². The highest BCUT2D eigenvalue weighted by molar-refractivity contribution is 6.41. The molecular weight excluding hydrogens is 469 g/mol. The number of halogens is 3. The molecule has 194 valence electrons. The second-order valence-corrected chi connectivity index (χ2v) is 9.56. The molecule has 36 heavy (non-hydrogen) atoms. The fraction of sp³-hybridized carbons (Fsp3) is 0.519. The first-order valence-corrected chi connectivity index (χ1v) is 12.2. The third kappa shape index (κ3) is 5.62. The van der Waals surface area contributed by atoms with E-state index in [1.165, 1.54) is 6.20 Å². The van der Waals surface area contributed by atoms with Crippen LogP contribution in [0.2, 0.25) is 0 Å². The molecule has 0 radical (unpaired) electrons. The van der Waals surface area contributed by atoms with Crippen molar-refractivity contribution >= 4 is 11.5 Å².